The van der Waals surface area contributed by atoms with Crippen molar-refractivity contribution in [2.24, 2.45) is 17.8 Å². The lowest BCUT2D eigenvalue weighted by atomic mass is 9.77. The Balaban J connectivity index is 1.27. The van der Waals surface area contributed by atoms with Crippen molar-refractivity contribution >= 4 is 38.1 Å². The third-order valence-corrected chi connectivity index (χ3v) is 19.0. The minimum Gasteiger partial charge on any atom is -0.399 e. The fourth-order valence-corrected chi connectivity index (χ4v) is 16.7. The number of rotatable bonds is 6. The summed E-state index contributed by atoms with van der Waals surface area (Å²) in [4.78, 5) is 0. The average molecular weight is 761 g/mol. The molecule has 5 heteroatoms. The molecule has 2 aromatic carbocycles. The largest absolute Gasteiger partial charge is 0.399 e. The normalized spacial score (nSPS) is 25.3. The molecule has 4 unspecified atom stereocenters. The van der Waals surface area contributed by atoms with Crippen LogP contribution in [-0.4, -0.2) is 23.6 Å². The molecule has 294 valence electrons. The highest BCUT2D eigenvalue weighted by molar-refractivity contribution is 7.60. The van der Waals surface area contributed by atoms with Gasteiger partial charge in [-0.1, -0.05) is 142 Å². The summed E-state index contributed by atoms with van der Waals surface area (Å²) in [7, 11) is -1.49. The molecule has 1 aromatic heterocycles. The average Bonchev–Trinajstić information content (AvgIpc) is 3.62. The molecule has 4 saturated carbocycles. The van der Waals surface area contributed by atoms with Crippen LogP contribution in [0.5, 0.6) is 0 Å². The van der Waals surface area contributed by atoms with Gasteiger partial charge in [-0.05, 0) is 125 Å². The molecular formula is C48H74O3P2. The van der Waals surface area contributed by atoms with Crippen LogP contribution < -0.4 is 4.52 Å². The van der Waals surface area contributed by atoms with Gasteiger partial charge in [-0.15, -0.1) is 0 Å². The fraction of sp³-hybridized carbons (Fsp3) is 0.750. The van der Waals surface area contributed by atoms with Crippen molar-refractivity contribution in [1.82, 2.24) is 0 Å². The number of fused-ring (bicyclic) bond motifs is 5. The summed E-state index contributed by atoms with van der Waals surface area (Å²) >= 11 is 0. The molecule has 1 heterocycles. The maximum Gasteiger partial charge on any atom is 0.387 e. The predicted molar refractivity (Wildman–Crippen MR) is 231 cm³/mol. The first-order valence-electron chi connectivity index (χ1n) is 21.7. The molecule has 4 aliphatic rings. The molecule has 4 aliphatic carbocycles. The molecule has 0 radical (unpaired) electrons. The number of benzene rings is 2. The summed E-state index contributed by atoms with van der Waals surface area (Å²) in [6.07, 6.45) is 19.3. The van der Waals surface area contributed by atoms with Gasteiger partial charge in [-0.25, -0.2) is 0 Å². The van der Waals surface area contributed by atoms with E-state index >= 15 is 0 Å². The van der Waals surface area contributed by atoms with Gasteiger partial charge < -0.3 is 8.39 Å². The van der Waals surface area contributed by atoms with Crippen LogP contribution in [0, 0.1) is 17.8 Å². The summed E-state index contributed by atoms with van der Waals surface area (Å²) in [5.41, 5.74) is 9.97. The van der Waals surface area contributed by atoms with Crippen molar-refractivity contribution in [3.8, 4) is 0 Å². The first-order chi connectivity index (χ1) is 24.8. The summed E-state index contributed by atoms with van der Waals surface area (Å²) in [5, 5.41) is 2.31. The smallest absolute Gasteiger partial charge is 0.387 e. The van der Waals surface area contributed by atoms with Crippen molar-refractivity contribution in [2.75, 3.05) is 6.61 Å². The topological polar surface area (TPSA) is 35.5 Å². The Bertz CT molecular complexity index is 1680. The van der Waals surface area contributed by atoms with Crippen LogP contribution in [0.1, 0.15) is 189 Å². The molecule has 0 N–H and O–H groups in total. The molecule has 0 amide bonds. The van der Waals surface area contributed by atoms with Crippen LogP contribution >= 0.6 is 16.2 Å². The van der Waals surface area contributed by atoms with E-state index in [-0.39, 0.29) is 29.6 Å². The van der Waals surface area contributed by atoms with E-state index in [2.05, 4.69) is 107 Å². The highest BCUT2D eigenvalue weighted by atomic mass is 31.1. The van der Waals surface area contributed by atoms with Crippen molar-refractivity contribution in [2.45, 2.75) is 205 Å². The van der Waals surface area contributed by atoms with Crippen LogP contribution in [0.3, 0.4) is 0 Å². The number of hydrogen-bond acceptors (Lipinski definition) is 3. The molecule has 7 rings (SSSR count). The van der Waals surface area contributed by atoms with Crippen molar-refractivity contribution < 1.29 is 12.9 Å². The summed E-state index contributed by atoms with van der Waals surface area (Å²) in [6, 6.07) is 9.61. The second kappa shape index (κ2) is 14.9. The Kier molecular flexibility index (Phi) is 11.2. The first-order valence-corrected chi connectivity index (χ1v) is 24.4. The van der Waals surface area contributed by atoms with E-state index in [0.29, 0.717) is 5.92 Å². The molecule has 0 aliphatic heterocycles. The Morgan fingerprint density at radius 1 is 0.566 bits per heavy atom. The lowest BCUT2D eigenvalue weighted by molar-refractivity contribution is 0.229. The standard InChI is InChI=1S/C48H74O3P2/c1-45(2,3)34-26-38-39-27-35(46(4,5)6)29-41(48(10,11)12)44(39)51-53(50-43(38)40(28-34)47(7,8)9)49-30-33-24-32-23-31(33)25-42(32)52(36-19-15-13-16-20-36)37-21-17-14-18-22-37/h26-29,31-33,36-37,42H,13-25,30H2,1-12H3. The van der Waals surface area contributed by atoms with E-state index < -0.39 is 8.24 Å². The van der Waals surface area contributed by atoms with Crippen molar-refractivity contribution in [3.05, 3.63) is 46.5 Å². The Morgan fingerprint density at radius 2 is 1.02 bits per heavy atom. The minimum absolute atomic E-state index is 0.00789. The molecule has 4 atom stereocenters. The third kappa shape index (κ3) is 8.40. The van der Waals surface area contributed by atoms with Crippen molar-refractivity contribution in [1.29, 1.82) is 0 Å². The Morgan fingerprint density at radius 3 is 1.40 bits per heavy atom. The van der Waals surface area contributed by atoms with Gasteiger partial charge >= 0.3 is 8.24 Å². The van der Waals surface area contributed by atoms with Gasteiger partial charge in [0.2, 0.25) is 0 Å². The Labute approximate surface area is 325 Å². The molecule has 0 saturated heterocycles. The van der Waals surface area contributed by atoms with E-state index in [1.807, 2.05) is 0 Å². The van der Waals surface area contributed by atoms with E-state index in [4.69, 9.17) is 12.9 Å². The molecule has 0 spiro atoms. The predicted octanol–water partition coefficient (Wildman–Crippen LogP) is 15.5. The molecule has 4 fully saturated rings. The van der Waals surface area contributed by atoms with E-state index in [0.717, 1.165) is 57.4 Å². The van der Waals surface area contributed by atoms with Gasteiger partial charge in [0.15, 0.2) is 0 Å². The maximum absolute atomic E-state index is 7.14. The molecule has 3 aromatic rings. The van der Waals surface area contributed by atoms with Crippen LogP contribution in [-0.2, 0) is 21.7 Å². The zero-order valence-electron chi connectivity index (χ0n) is 35.8. The number of hydrogen-bond donors (Lipinski definition) is 0. The van der Waals surface area contributed by atoms with Gasteiger partial charge in [-0.2, -0.15) is 0 Å². The monoisotopic (exact) mass is 761 g/mol. The van der Waals surface area contributed by atoms with Crippen LogP contribution in [0.15, 0.2) is 32.7 Å². The second-order valence-corrected chi connectivity index (χ2v) is 26.2. The van der Waals surface area contributed by atoms with Crippen LogP contribution in [0.25, 0.3) is 21.9 Å². The van der Waals surface area contributed by atoms with Gasteiger partial charge in [-0.3, -0.25) is 4.52 Å². The molecule has 53 heavy (non-hydrogen) atoms. The highest BCUT2D eigenvalue weighted by Gasteiger charge is 2.51. The van der Waals surface area contributed by atoms with Gasteiger partial charge in [0.25, 0.3) is 0 Å². The highest BCUT2D eigenvalue weighted by Crippen LogP contribution is 2.68. The quantitative estimate of drug-likeness (QED) is 0.235. The summed E-state index contributed by atoms with van der Waals surface area (Å²) in [5.74, 6) is 2.35. The lowest BCUT2D eigenvalue weighted by Crippen LogP contribution is -2.32. The van der Waals surface area contributed by atoms with Gasteiger partial charge in [0, 0.05) is 21.9 Å². The molecular weight excluding hydrogens is 686 g/mol. The van der Waals surface area contributed by atoms with Crippen LogP contribution in [0.4, 0.5) is 0 Å². The van der Waals surface area contributed by atoms with Gasteiger partial charge in [0.05, 0.1) is 6.61 Å². The van der Waals surface area contributed by atoms with E-state index in [9.17, 15) is 0 Å². The van der Waals surface area contributed by atoms with Gasteiger partial charge in [0.1, 0.15) is 11.2 Å². The lowest BCUT2D eigenvalue weighted by Gasteiger charge is -2.45. The minimum atomic E-state index is -1.64. The third-order valence-electron chi connectivity index (χ3n) is 13.9. The SMILES string of the molecule is CC(C)(C)c1cc(C(C)(C)C)c2op(OCC3CC4CC3CC4P(C3CCCCC3)C3CCCCC3)oc3c(C(C)(C)C)cc(C(C)(C)C)cc3c2c1. The zero-order chi connectivity index (χ0) is 38.1. The second-order valence-electron chi connectivity index (χ2n) is 22.1. The molecule has 3 nitrogen and oxygen atoms in total. The zero-order valence-corrected chi connectivity index (χ0v) is 37.6. The summed E-state index contributed by atoms with van der Waals surface area (Å²) < 4.78 is 21.3. The summed E-state index contributed by atoms with van der Waals surface area (Å²) in [6.45, 7) is 28.6. The Hall–Kier alpha value is -1.27. The van der Waals surface area contributed by atoms with Crippen LogP contribution in [0.2, 0.25) is 0 Å². The molecule has 2 bridgehead atoms. The van der Waals surface area contributed by atoms with E-state index in [1.54, 1.807) is 0 Å². The van der Waals surface area contributed by atoms with E-state index in [1.165, 1.54) is 106 Å². The fourth-order valence-electron chi connectivity index (χ4n) is 10.7. The first kappa shape index (κ1) is 39.9. The van der Waals surface area contributed by atoms with Crippen molar-refractivity contribution in [3.63, 3.8) is 0 Å². The maximum atomic E-state index is 7.14.